The summed E-state index contributed by atoms with van der Waals surface area (Å²) in [5.41, 5.74) is 1.00. The molecule has 1 aliphatic rings. The molecule has 25 heavy (non-hydrogen) atoms. The molecule has 0 aliphatic carbocycles. The van der Waals surface area contributed by atoms with Crippen LogP contribution in [0.2, 0.25) is 10.0 Å². The second-order valence-electron chi connectivity index (χ2n) is 6.58. The van der Waals surface area contributed by atoms with Gasteiger partial charge in [0.2, 0.25) is 0 Å². The van der Waals surface area contributed by atoms with Gasteiger partial charge in [0.25, 0.3) is 11.8 Å². The lowest BCUT2D eigenvalue weighted by Crippen LogP contribution is -2.43. The SMILES string of the molecule is CCCCC(CC)CN1C(=O)c2ccc(Cl)c3c(Cl)ccc(c23)C1=O. The van der Waals surface area contributed by atoms with Crippen LogP contribution in [0.5, 0.6) is 0 Å². The molecule has 5 heteroatoms. The molecule has 0 spiro atoms. The molecule has 2 amide bonds. The molecule has 132 valence electrons. The monoisotopic (exact) mass is 377 g/mol. The fraction of sp³-hybridized carbons (Fsp3) is 0.400. The Hall–Kier alpha value is -1.58. The van der Waals surface area contributed by atoms with E-state index in [2.05, 4.69) is 13.8 Å². The Balaban J connectivity index is 2.05. The minimum atomic E-state index is -0.253. The Kier molecular flexibility index (Phi) is 5.35. The number of hydrogen-bond acceptors (Lipinski definition) is 2. The van der Waals surface area contributed by atoms with Crippen LogP contribution in [0.1, 0.15) is 60.2 Å². The highest BCUT2D eigenvalue weighted by molar-refractivity contribution is 6.44. The van der Waals surface area contributed by atoms with Crippen LogP contribution < -0.4 is 0 Å². The second kappa shape index (κ2) is 7.35. The van der Waals surface area contributed by atoms with E-state index in [1.54, 1.807) is 24.3 Å². The molecule has 2 aromatic rings. The molecule has 0 aromatic heterocycles. The van der Waals surface area contributed by atoms with Gasteiger partial charge in [-0.1, -0.05) is 56.3 Å². The smallest absolute Gasteiger partial charge is 0.261 e. The summed E-state index contributed by atoms with van der Waals surface area (Å²) < 4.78 is 0. The minimum absolute atomic E-state index is 0.253. The molecule has 3 nitrogen and oxygen atoms in total. The van der Waals surface area contributed by atoms with E-state index in [0.717, 1.165) is 25.7 Å². The van der Waals surface area contributed by atoms with Crippen molar-refractivity contribution in [1.29, 1.82) is 0 Å². The molecule has 1 heterocycles. The van der Waals surface area contributed by atoms with Crippen molar-refractivity contribution in [3.8, 4) is 0 Å². The quantitative estimate of drug-likeness (QED) is 0.582. The van der Waals surface area contributed by atoms with E-state index in [-0.39, 0.29) is 11.8 Å². The van der Waals surface area contributed by atoms with Crippen LogP contribution in [0.25, 0.3) is 10.8 Å². The van der Waals surface area contributed by atoms with Crippen molar-refractivity contribution in [1.82, 2.24) is 4.90 Å². The zero-order valence-corrected chi connectivity index (χ0v) is 16.0. The average Bonchev–Trinajstić information content (AvgIpc) is 2.60. The summed E-state index contributed by atoms with van der Waals surface area (Å²) in [7, 11) is 0. The molecular formula is C20H21Cl2NO2. The summed E-state index contributed by atoms with van der Waals surface area (Å²) in [6.45, 7) is 4.71. The van der Waals surface area contributed by atoms with Gasteiger partial charge in [-0.15, -0.1) is 0 Å². The number of halogens is 2. The van der Waals surface area contributed by atoms with Crippen LogP contribution in [0.15, 0.2) is 24.3 Å². The highest BCUT2D eigenvalue weighted by Crippen LogP contribution is 2.38. The number of rotatable bonds is 6. The average molecular weight is 378 g/mol. The van der Waals surface area contributed by atoms with Crippen molar-refractivity contribution in [3.05, 3.63) is 45.4 Å². The van der Waals surface area contributed by atoms with Crippen LogP contribution in [0.3, 0.4) is 0 Å². The summed E-state index contributed by atoms with van der Waals surface area (Å²) in [5.74, 6) is -0.183. The van der Waals surface area contributed by atoms with E-state index in [4.69, 9.17) is 23.2 Å². The molecule has 0 bridgehead atoms. The zero-order valence-electron chi connectivity index (χ0n) is 14.4. The Bertz CT molecular complexity index is 790. The largest absolute Gasteiger partial charge is 0.274 e. The van der Waals surface area contributed by atoms with Crippen molar-refractivity contribution in [2.45, 2.75) is 39.5 Å². The predicted octanol–water partition coefficient (Wildman–Crippen LogP) is 5.96. The van der Waals surface area contributed by atoms with Crippen molar-refractivity contribution in [3.63, 3.8) is 0 Å². The third-order valence-corrected chi connectivity index (χ3v) is 5.62. The van der Waals surface area contributed by atoms with E-state index in [1.807, 2.05) is 0 Å². The highest BCUT2D eigenvalue weighted by atomic mass is 35.5. The molecule has 0 saturated carbocycles. The Morgan fingerprint density at radius 2 is 1.48 bits per heavy atom. The first-order chi connectivity index (χ1) is 12.0. The molecule has 0 saturated heterocycles. The number of benzene rings is 2. The lowest BCUT2D eigenvalue weighted by atomic mass is 9.92. The van der Waals surface area contributed by atoms with Crippen LogP contribution in [0, 0.1) is 5.92 Å². The normalized spacial score (nSPS) is 15.1. The molecule has 0 N–H and O–H groups in total. The summed E-state index contributed by atoms with van der Waals surface area (Å²) in [4.78, 5) is 27.4. The van der Waals surface area contributed by atoms with Gasteiger partial charge in [-0.25, -0.2) is 0 Å². The van der Waals surface area contributed by atoms with Gasteiger partial charge >= 0.3 is 0 Å². The van der Waals surface area contributed by atoms with Gasteiger partial charge in [0.1, 0.15) is 0 Å². The number of unbranched alkanes of at least 4 members (excludes halogenated alkanes) is 1. The standard InChI is InChI=1S/C20H21Cl2NO2/c1-3-5-6-12(4-2)11-23-19(24)13-7-9-15(21)18-16(22)10-8-14(17(13)18)20(23)25/h7-10,12H,3-6,11H2,1-2H3. The van der Waals surface area contributed by atoms with E-state index in [9.17, 15) is 9.59 Å². The molecule has 0 radical (unpaired) electrons. The van der Waals surface area contributed by atoms with Gasteiger partial charge in [-0.2, -0.15) is 0 Å². The van der Waals surface area contributed by atoms with Crippen LogP contribution in [0.4, 0.5) is 0 Å². The first kappa shape index (κ1) is 18.2. The maximum Gasteiger partial charge on any atom is 0.261 e. The predicted molar refractivity (Wildman–Crippen MR) is 103 cm³/mol. The third-order valence-electron chi connectivity index (χ3n) is 4.99. The minimum Gasteiger partial charge on any atom is -0.274 e. The first-order valence-corrected chi connectivity index (χ1v) is 9.52. The molecule has 2 aromatic carbocycles. The Morgan fingerprint density at radius 1 is 0.920 bits per heavy atom. The molecular weight excluding hydrogens is 357 g/mol. The zero-order chi connectivity index (χ0) is 18.1. The van der Waals surface area contributed by atoms with Crippen molar-refractivity contribution in [2.75, 3.05) is 6.54 Å². The topological polar surface area (TPSA) is 37.4 Å². The molecule has 1 unspecified atom stereocenters. The maximum atomic E-state index is 13.0. The lowest BCUT2D eigenvalue weighted by Gasteiger charge is -2.30. The van der Waals surface area contributed by atoms with Gasteiger partial charge in [-0.3, -0.25) is 14.5 Å². The molecule has 1 atom stereocenters. The van der Waals surface area contributed by atoms with Crippen LogP contribution in [-0.4, -0.2) is 23.3 Å². The van der Waals surface area contributed by atoms with E-state index in [0.29, 0.717) is 44.4 Å². The Morgan fingerprint density at radius 3 is 1.96 bits per heavy atom. The van der Waals surface area contributed by atoms with Gasteiger partial charge in [0.15, 0.2) is 0 Å². The summed E-state index contributed by atoms with van der Waals surface area (Å²) in [6, 6.07) is 6.74. The number of carbonyl (C=O) groups excluding carboxylic acids is 2. The fourth-order valence-corrected chi connectivity index (χ4v) is 4.06. The van der Waals surface area contributed by atoms with E-state index in [1.165, 1.54) is 4.90 Å². The number of amides is 2. The summed E-state index contributed by atoms with van der Waals surface area (Å²) >= 11 is 12.5. The maximum absolute atomic E-state index is 13.0. The lowest BCUT2D eigenvalue weighted by molar-refractivity contribution is 0.0580. The van der Waals surface area contributed by atoms with Crippen LogP contribution >= 0.6 is 23.2 Å². The number of imide groups is 1. The van der Waals surface area contributed by atoms with Crippen LogP contribution in [-0.2, 0) is 0 Å². The molecule has 3 rings (SSSR count). The fourth-order valence-electron chi connectivity index (χ4n) is 3.49. The highest BCUT2D eigenvalue weighted by Gasteiger charge is 2.34. The number of hydrogen-bond donors (Lipinski definition) is 0. The summed E-state index contributed by atoms with van der Waals surface area (Å²) in [6.07, 6.45) is 4.18. The molecule has 1 aliphatic heterocycles. The first-order valence-electron chi connectivity index (χ1n) is 8.76. The van der Waals surface area contributed by atoms with Crippen molar-refractivity contribution < 1.29 is 9.59 Å². The van der Waals surface area contributed by atoms with Gasteiger partial charge < -0.3 is 0 Å². The second-order valence-corrected chi connectivity index (χ2v) is 7.39. The van der Waals surface area contributed by atoms with Gasteiger partial charge in [0.05, 0.1) is 0 Å². The van der Waals surface area contributed by atoms with E-state index < -0.39 is 0 Å². The number of nitrogens with zero attached hydrogens (tertiary/aromatic N) is 1. The van der Waals surface area contributed by atoms with Crippen molar-refractivity contribution >= 4 is 45.8 Å². The van der Waals surface area contributed by atoms with Crippen molar-refractivity contribution in [2.24, 2.45) is 5.92 Å². The summed E-state index contributed by atoms with van der Waals surface area (Å²) in [5, 5.41) is 2.06. The third kappa shape index (κ3) is 3.16. The van der Waals surface area contributed by atoms with Gasteiger partial charge in [0, 0.05) is 38.5 Å². The van der Waals surface area contributed by atoms with E-state index >= 15 is 0 Å². The Labute approximate surface area is 157 Å². The molecule has 0 fully saturated rings. The van der Waals surface area contributed by atoms with Gasteiger partial charge in [-0.05, 0) is 36.6 Å². The number of carbonyl (C=O) groups is 2.